The molecule has 34 heavy (non-hydrogen) atoms. The van der Waals surface area contributed by atoms with Gasteiger partial charge in [-0.25, -0.2) is 4.98 Å². The Labute approximate surface area is 199 Å². The second-order valence-electron chi connectivity index (χ2n) is 8.44. The average molecular weight is 469 g/mol. The van der Waals surface area contributed by atoms with Crippen LogP contribution in [0.2, 0.25) is 0 Å². The lowest BCUT2D eigenvalue weighted by atomic mass is 9.82. The summed E-state index contributed by atoms with van der Waals surface area (Å²) in [5.41, 5.74) is 11.4. The second kappa shape index (κ2) is 8.39. The van der Waals surface area contributed by atoms with Crippen LogP contribution < -0.4 is 15.7 Å². The number of carbonyl (C=O) groups is 1. The third kappa shape index (κ3) is 3.72. The summed E-state index contributed by atoms with van der Waals surface area (Å²) in [7, 11) is 0. The van der Waals surface area contributed by atoms with Gasteiger partial charge in [-0.1, -0.05) is 48.5 Å². The van der Waals surface area contributed by atoms with Crippen molar-refractivity contribution >= 4 is 39.0 Å². The van der Waals surface area contributed by atoms with E-state index in [-0.39, 0.29) is 11.8 Å². The molecule has 1 unspecified atom stereocenters. The summed E-state index contributed by atoms with van der Waals surface area (Å²) in [6, 6.07) is 22.2. The van der Waals surface area contributed by atoms with Gasteiger partial charge in [0.25, 0.3) is 12.1 Å². The number of nitrogens with two attached hydrogens (primary N) is 1. The molecule has 0 bridgehead atoms. The second-order valence-corrected chi connectivity index (χ2v) is 9.44. The number of nitrogens with zero attached hydrogens (tertiary/aromatic N) is 3. The zero-order valence-corrected chi connectivity index (χ0v) is 19.1. The van der Waals surface area contributed by atoms with Crippen molar-refractivity contribution in [1.29, 1.82) is 0 Å². The summed E-state index contributed by atoms with van der Waals surface area (Å²) in [6.07, 6.45) is 4.53. The third-order valence-electron chi connectivity index (χ3n) is 6.29. The van der Waals surface area contributed by atoms with E-state index in [1.165, 1.54) is 22.5 Å². The number of para-hydroxylation sites is 1. The summed E-state index contributed by atoms with van der Waals surface area (Å²) in [6.45, 7) is 0. The van der Waals surface area contributed by atoms with Crippen LogP contribution in [-0.2, 0) is 12.8 Å². The predicted octanol–water partition coefficient (Wildman–Crippen LogP) is 4.67. The van der Waals surface area contributed by atoms with Gasteiger partial charge in [-0.2, -0.15) is 0 Å². The molecule has 1 amide bonds. The summed E-state index contributed by atoms with van der Waals surface area (Å²) in [4.78, 5) is 19.1. The Hall–Kier alpha value is -4.04. The number of nitrogens with one attached hydrogen (secondary N) is 1. The summed E-state index contributed by atoms with van der Waals surface area (Å²) in [5, 5.41) is 7.56. The van der Waals surface area contributed by atoms with E-state index in [0.29, 0.717) is 16.5 Å². The van der Waals surface area contributed by atoms with Gasteiger partial charge >= 0.3 is 5.88 Å². The Morgan fingerprint density at radius 2 is 1.88 bits per heavy atom. The van der Waals surface area contributed by atoms with Crippen molar-refractivity contribution in [3.63, 3.8) is 0 Å². The highest BCUT2D eigenvalue weighted by atomic mass is 32.1. The molecule has 0 radical (unpaired) electrons. The first kappa shape index (κ1) is 20.6. The number of rotatable bonds is 4. The van der Waals surface area contributed by atoms with E-state index < -0.39 is 0 Å². The number of hydrogen-bond acceptors (Lipinski definition) is 6. The Morgan fingerprint density at radius 3 is 2.68 bits per heavy atom. The molecule has 168 valence electrons. The van der Waals surface area contributed by atoms with Crippen LogP contribution in [0.1, 0.15) is 38.8 Å². The van der Waals surface area contributed by atoms with Crippen LogP contribution in [0.15, 0.2) is 77.4 Å². The maximum Gasteiger partial charge on any atom is 0.303 e. The highest BCUT2D eigenvalue weighted by Crippen LogP contribution is 2.38. The largest absolute Gasteiger partial charge is 0.397 e. The summed E-state index contributed by atoms with van der Waals surface area (Å²) >= 11 is 1.31. The van der Waals surface area contributed by atoms with Gasteiger partial charge < -0.3 is 5.73 Å². The van der Waals surface area contributed by atoms with E-state index in [2.05, 4.69) is 40.9 Å². The SMILES string of the molecule is Nc1c(C(=O)Nc2c[n+](-c3ccccc3)no2)sc2nc3c(cc12)CC(c1ccccc1)CC3. The lowest BCUT2D eigenvalue weighted by molar-refractivity contribution is -0.670. The lowest BCUT2D eigenvalue weighted by Crippen LogP contribution is -2.31. The van der Waals surface area contributed by atoms with Gasteiger partial charge in [0.2, 0.25) is 11.0 Å². The minimum absolute atomic E-state index is 0.240. The minimum Gasteiger partial charge on any atom is -0.397 e. The smallest absolute Gasteiger partial charge is 0.303 e. The molecule has 0 fully saturated rings. The van der Waals surface area contributed by atoms with Crippen molar-refractivity contribution in [2.45, 2.75) is 25.2 Å². The number of anilines is 2. The Kier molecular flexibility index (Phi) is 5.07. The molecule has 2 aromatic carbocycles. The van der Waals surface area contributed by atoms with Crippen molar-refractivity contribution in [3.05, 3.63) is 94.6 Å². The number of fused-ring (bicyclic) bond motifs is 2. The van der Waals surface area contributed by atoms with Crippen LogP contribution in [0.5, 0.6) is 0 Å². The van der Waals surface area contributed by atoms with Gasteiger partial charge in [0.1, 0.15) is 9.71 Å². The predicted molar refractivity (Wildman–Crippen MR) is 131 cm³/mol. The van der Waals surface area contributed by atoms with Gasteiger partial charge in [-0.15, -0.1) is 11.3 Å². The van der Waals surface area contributed by atoms with Gasteiger partial charge in [-0.05, 0) is 47.1 Å². The fraction of sp³-hybridized carbons (Fsp3) is 0.154. The molecule has 8 heteroatoms. The molecule has 6 rings (SSSR count). The van der Waals surface area contributed by atoms with Crippen molar-refractivity contribution < 1.29 is 14.0 Å². The van der Waals surface area contributed by atoms with E-state index >= 15 is 0 Å². The number of hydrogen-bond donors (Lipinski definition) is 2. The van der Waals surface area contributed by atoms with E-state index in [0.717, 1.165) is 40.9 Å². The van der Waals surface area contributed by atoms with Gasteiger partial charge in [0, 0.05) is 23.2 Å². The fourth-order valence-corrected chi connectivity index (χ4v) is 5.53. The van der Waals surface area contributed by atoms with Crippen LogP contribution in [0.25, 0.3) is 15.9 Å². The maximum atomic E-state index is 13.0. The first-order chi connectivity index (χ1) is 16.7. The van der Waals surface area contributed by atoms with Crippen LogP contribution in [0, 0.1) is 0 Å². The quantitative estimate of drug-likeness (QED) is 0.374. The first-order valence-electron chi connectivity index (χ1n) is 11.2. The molecule has 7 nitrogen and oxygen atoms in total. The van der Waals surface area contributed by atoms with Crippen molar-refractivity contribution in [2.24, 2.45) is 0 Å². The highest BCUT2D eigenvalue weighted by molar-refractivity contribution is 7.21. The zero-order valence-electron chi connectivity index (χ0n) is 18.3. The van der Waals surface area contributed by atoms with E-state index in [4.69, 9.17) is 15.2 Å². The van der Waals surface area contributed by atoms with Crippen LogP contribution in [0.4, 0.5) is 11.6 Å². The molecule has 3 heterocycles. The molecule has 1 aliphatic carbocycles. The molecular formula is C26H22N5O2S+. The van der Waals surface area contributed by atoms with Gasteiger partial charge in [0.15, 0.2) is 0 Å². The third-order valence-corrected chi connectivity index (χ3v) is 7.40. The molecular weight excluding hydrogens is 446 g/mol. The number of carbonyl (C=O) groups excluding carboxylic acids is 1. The van der Waals surface area contributed by atoms with Gasteiger partial charge in [-0.3, -0.25) is 14.6 Å². The number of nitrogen functional groups attached to an aromatic ring is 1. The number of pyridine rings is 1. The zero-order chi connectivity index (χ0) is 23.1. The molecule has 0 saturated heterocycles. The molecule has 0 saturated carbocycles. The summed E-state index contributed by atoms with van der Waals surface area (Å²) in [5.74, 6) is 0.374. The fourth-order valence-electron chi connectivity index (χ4n) is 4.54. The monoisotopic (exact) mass is 468 g/mol. The number of aromatic nitrogens is 3. The van der Waals surface area contributed by atoms with E-state index in [9.17, 15) is 4.79 Å². The van der Waals surface area contributed by atoms with Crippen LogP contribution >= 0.6 is 11.3 Å². The molecule has 0 spiro atoms. The molecule has 3 N–H and O–H groups in total. The van der Waals surface area contributed by atoms with E-state index in [1.807, 2.05) is 36.4 Å². The number of thiophene rings is 1. The first-order valence-corrected chi connectivity index (χ1v) is 12.0. The average Bonchev–Trinajstić information content (AvgIpc) is 3.48. The standard InChI is InChI=1S/C26H21N5O2S/c27-23-20-14-18-13-17(16-7-3-1-4-8-16)11-12-21(18)28-26(20)34-24(23)25(32)29-22-15-31(30-33-22)19-9-5-2-6-10-19/h1-10,14-15,17H,11-13H2,(H2-,27,29,30,32)/p+1. The summed E-state index contributed by atoms with van der Waals surface area (Å²) < 4.78 is 6.85. The molecule has 0 aliphatic heterocycles. The van der Waals surface area contributed by atoms with Crippen LogP contribution in [0.3, 0.4) is 0 Å². The highest BCUT2D eigenvalue weighted by Gasteiger charge is 2.25. The number of aryl methyl sites for hydroxylation is 1. The number of benzene rings is 2. The van der Waals surface area contributed by atoms with Gasteiger partial charge in [0.05, 0.1) is 5.69 Å². The Balaban J connectivity index is 1.26. The lowest BCUT2D eigenvalue weighted by Gasteiger charge is -2.24. The normalized spacial score (nSPS) is 15.2. The van der Waals surface area contributed by atoms with Crippen LogP contribution in [-0.4, -0.2) is 16.2 Å². The Bertz CT molecular complexity index is 1490. The molecule has 1 atom stereocenters. The Morgan fingerprint density at radius 1 is 1.12 bits per heavy atom. The van der Waals surface area contributed by atoms with Crippen molar-refractivity contribution in [1.82, 2.24) is 10.3 Å². The van der Waals surface area contributed by atoms with E-state index in [1.54, 1.807) is 10.9 Å². The maximum absolute atomic E-state index is 13.0. The topological polar surface area (TPSA) is 97.9 Å². The molecule has 1 aliphatic rings. The molecule has 3 aromatic heterocycles. The van der Waals surface area contributed by atoms with Crippen molar-refractivity contribution in [2.75, 3.05) is 11.1 Å². The molecule has 5 aromatic rings. The minimum atomic E-state index is -0.336. The van der Waals surface area contributed by atoms with Crippen molar-refractivity contribution in [3.8, 4) is 5.69 Å². The number of amides is 1.